The minimum Gasteiger partial charge on any atom is -0.496 e. The van der Waals surface area contributed by atoms with Crippen LogP contribution < -0.4 is 4.74 Å². The molecule has 1 unspecified atom stereocenters. The first-order chi connectivity index (χ1) is 13.5. The summed E-state index contributed by atoms with van der Waals surface area (Å²) in [5.41, 5.74) is 1.38. The predicted octanol–water partition coefficient (Wildman–Crippen LogP) is 3.40. The Hall–Kier alpha value is -2.08. The third-order valence-corrected chi connectivity index (χ3v) is 6.17. The number of amides is 1. The molecule has 3 rings (SSSR count). The predicted molar refractivity (Wildman–Crippen MR) is 108 cm³/mol. The van der Waals surface area contributed by atoms with Gasteiger partial charge < -0.3 is 14.7 Å². The van der Waals surface area contributed by atoms with Gasteiger partial charge in [-0.05, 0) is 49.9 Å². The molecule has 2 aliphatic heterocycles. The van der Waals surface area contributed by atoms with E-state index in [1.54, 1.807) is 12.1 Å². The maximum absolute atomic E-state index is 12.3. The lowest BCUT2D eigenvalue weighted by Gasteiger charge is -2.48. The van der Waals surface area contributed by atoms with Gasteiger partial charge in [-0.15, -0.1) is 0 Å². The number of carboxylic acid groups (broad SMARTS) is 1. The van der Waals surface area contributed by atoms with E-state index in [1.807, 2.05) is 6.07 Å². The lowest BCUT2D eigenvalue weighted by Crippen LogP contribution is -2.53. The summed E-state index contributed by atoms with van der Waals surface area (Å²) >= 11 is 0. The number of likely N-dealkylation sites (tertiary alicyclic amines) is 2. The first-order valence-corrected chi connectivity index (χ1v) is 10.4. The molecule has 1 atom stereocenters. The first-order valence-electron chi connectivity index (χ1n) is 10.4. The number of aromatic carboxylic acids is 1. The molecular formula is C22H32N2O4. The second kappa shape index (κ2) is 8.95. The smallest absolute Gasteiger partial charge is 0.339 e. The van der Waals surface area contributed by atoms with Crippen LogP contribution in [0.15, 0.2) is 18.2 Å². The molecule has 6 heteroatoms. The van der Waals surface area contributed by atoms with E-state index in [1.165, 1.54) is 13.5 Å². The number of ether oxygens (including phenoxy) is 1. The number of rotatable bonds is 7. The highest BCUT2D eigenvalue weighted by Crippen LogP contribution is 2.39. The number of carbonyl (C=O) groups excluding carboxylic acids is 1. The van der Waals surface area contributed by atoms with E-state index in [-0.39, 0.29) is 11.0 Å². The zero-order chi connectivity index (χ0) is 20.1. The topological polar surface area (TPSA) is 70.1 Å². The van der Waals surface area contributed by atoms with Crippen LogP contribution in [0, 0.1) is 5.41 Å². The molecule has 28 heavy (non-hydrogen) atoms. The molecule has 1 aromatic rings. The average Bonchev–Trinajstić information content (AvgIpc) is 2.69. The van der Waals surface area contributed by atoms with Gasteiger partial charge in [-0.3, -0.25) is 9.69 Å². The number of carboxylic acids is 1. The van der Waals surface area contributed by atoms with Gasteiger partial charge in [0, 0.05) is 38.0 Å². The highest BCUT2D eigenvalue weighted by molar-refractivity contribution is 5.91. The van der Waals surface area contributed by atoms with Crippen LogP contribution in [0.2, 0.25) is 0 Å². The van der Waals surface area contributed by atoms with Crippen molar-refractivity contribution in [1.82, 2.24) is 9.80 Å². The quantitative estimate of drug-likeness (QED) is 0.775. The maximum atomic E-state index is 12.3. The van der Waals surface area contributed by atoms with Crippen LogP contribution in [-0.4, -0.2) is 60.1 Å². The average molecular weight is 389 g/mol. The van der Waals surface area contributed by atoms with Crippen molar-refractivity contribution in [2.45, 2.75) is 52.0 Å². The van der Waals surface area contributed by atoms with Crippen LogP contribution in [0.3, 0.4) is 0 Å². The molecule has 0 aromatic heterocycles. The molecule has 1 aromatic carbocycles. The second-order valence-electron chi connectivity index (χ2n) is 8.32. The molecule has 1 N–H and O–H groups in total. The van der Waals surface area contributed by atoms with Crippen molar-refractivity contribution in [2.24, 2.45) is 5.41 Å². The van der Waals surface area contributed by atoms with Crippen molar-refractivity contribution in [2.75, 3.05) is 33.3 Å². The number of hydrogen-bond donors (Lipinski definition) is 1. The standard InChI is InChI=1S/C22H32N2O4/c1-3-4-12-24-16-22(10-8-20(24)25)9-5-11-23(15-22)14-17-6-7-19(28-2)18(13-17)21(26)27/h6-7,13H,3-5,8-12,14-16H2,1-2H3,(H,26,27). The van der Waals surface area contributed by atoms with Gasteiger partial charge in [-0.1, -0.05) is 19.4 Å². The van der Waals surface area contributed by atoms with Gasteiger partial charge in [0.1, 0.15) is 11.3 Å². The van der Waals surface area contributed by atoms with Gasteiger partial charge in [0.05, 0.1) is 7.11 Å². The van der Waals surface area contributed by atoms with Crippen LogP contribution in [0.4, 0.5) is 0 Å². The number of methoxy groups -OCH3 is 1. The Labute approximate surface area is 167 Å². The monoisotopic (exact) mass is 388 g/mol. The lowest BCUT2D eigenvalue weighted by molar-refractivity contribution is -0.139. The minimum absolute atomic E-state index is 0.183. The van der Waals surface area contributed by atoms with Gasteiger partial charge in [0.15, 0.2) is 0 Å². The van der Waals surface area contributed by atoms with Crippen LogP contribution in [0.1, 0.15) is 61.4 Å². The van der Waals surface area contributed by atoms with Gasteiger partial charge in [0.25, 0.3) is 0 Å². The van der Waals surface area contributed by atoms with Crippen molar-refractivity contribution >= 4 is 11.9 Å². The Morgan fingerprint density at radius 2 is 2.11 bits per heavy atom. The molecular weight excluding hydrogens is 356 g/mol. The summed E-state index contributed by atoms with van der Waals surface area (Å²) < 4.78 is 5.16. The van der Waals surface area contributed by atoms with E-state index >= 15 is 0 Å². The highest BCUT2D eigenvalue weighted by Gasteiger charge is 2.41. The van der Waals surface area contributed by atoms with E-state index in [9.17, 15) is 14.7 Å². The number of nitrogens with zero attached hydrogens (tertiary/aromatic N) is 2. The van der Waals surface area contributed by atoms with Crippen molar-refractivity contribution in [1.29, 1.82) is 0 Å². The van der Waals surface area contributed by atoms with Crippen molar-refractivity contribution in [3.8, 4) is 5.75 Å². The fourth-order valence-electron chi connectivity index (χ4n) is 4.71. The minimum atomic E-state index is -0.967. The number of piperidine rings is 2. The van der Waals surface area contributed by atoms with Gasteiger partial charge >= 0.3 is 5.97 Å². The van der Waals surface area contributed by atoms with Crippen LogP contribution in [0.5, 0.6) is 5.75 Å². The van der Waals surface area contributed by atoms with E-state index in [2.05, 4.69) is 16.7 Å². The van der Waals surface area contributed by atoms with Crippen LogP contribution >= 0.6 is 0 Å². The summed E-state index contributed by atoms with van der Waals surface area (Å²) in [4.78, 5) is 28.3. The normalized spacial score (nSPS) is 23.2. The highest BCUT2D eigenvalue weighted by atomic mass is 16.5. The molecule has 6 nitrogen and oxygen atoms in total. The van der Waals surface area contributed by atoms with E-state index in [4.69, 9.17) is 4.74 Å². The summed E-state index contributed by atoms with van der Waals surface area (Å²) in [5.74, 6) is -0.271. The van der Waals surface area contributed by atoms with Gasteiger partial charge in [0.2, 0.25) is 5.91 Å². The molecule has 0 bridgehead atoms. The third-order valence-electron chi connectivity index (χ3n) is 6.17. The molecule has 2 fully saturated rings. The Balaban J connectivity index is 1.69. The number of benzene rings is 1. The van der Waals surface area contributed by atoms with Crippen LogP contribution in [0.25, 0.3) is 0 Å². The Bertz CT molecular complexity index is 720. The summed E-state index contributed by atoms with van der Waals surface area (Å²) in [6, 6.07) is 5.41. The molecule has 1 amide bonds. The maximum Gasteiger partial charge on any atom is 0.339 e. The van der Waals surface area contributed by atoms with Crippen LogP contribution in [-0.2, 0) is 11.3 Å². The summed E-state index contributed by atoms with van der Waals surface area (Å²) in [6.07, 6.45) is 6.08. The number of hydrogen-bond acceptors (Lipinski definition) is 4. The number of carbonyl (C=O) groups is 2. The molecule has 2 heterocycles. The zero-order valence-electron chi connectivity index (χ0n) is 17.1. The van der Waals surface area contributed by atoms with Crippen molar-refractivity contribution < 1.29 is 19.4 Å². The molecule has 0 saturated carbocycles. The SMILES string of the molecule is CCCCN1CC2(CCCN(Cc3ccc(OC)c(C(=O)O)c3)C2)CCC1=O. The Morgan fingerprint density at radius 1 is 1.29 bits per heavy atom. The summed E-state index contributed by atoms with van der Waals surface area (Å²) in [6.45, 7) is 6.61. The first kappa shape index (κ1) is 20.6. The van der Waals surface area contributed by atoms with Gasteiger partial charge in [-0.25, -0.2) is 4.79 Å². The fraction of sp³-hybridized carbons (Fsp3) is 0.636. The second-order valence-corrected chi connectivity index (χ2v) is 8.32. The fourth-order valence-corrected chi connectivity index (χ4v) is 4.71. The Kier molecular flexibility index (Phi) is 6.60. The molecule has 0 radical (unpaired) electrons. The van der Waals surface area contributed by atoms with E-state index < -0.39 is 5.97 Å². The zero-order valence-corrected chi connectivity index (χ0v) is 17.1. The van der Waals surface area contributed by atoms with E-state index in [0.29, 0.717) is 18.1 Å². The lowest BCUT2D eigenvalue weighted by atomic mass is 9.73. The molecule has 2 saturated heterocycles. The van der Waals surface area contributed by atoms with Crippen molar-refractivity contribution in [3.63, 3.8) is 0 Å². The largest absolute Gasteiger partial charge is 0.496 e. The molecule has 154 valence electrons. The molecule has 2 aliphatic rings. The third kappa shape index (κ3) is 4.66. The Morgan fingerprint density at radius 3 is 2.82 bits per heavy atom. The number of unbranched alkanes of at least 4 members (excludes halogenated alkanes) is 1. The van der Waals surface area contributed by atoms with Gasteiger partial charge in [-0.2, -0.15) is 0 Å². The van der Waals surface area contributed by atoms with Crippen molar-refractivity contribution in [3.05, 3.63) is 29.3 Å². The molecule has 1 spiro atoms. The van der Waals surface area contributed by atoms with E-state index in [0.717, 1.165) is 64.0 Å². The summed E-state index contributed by atoms with van der Waals surface area (Å²) in [5, 5.41) is 9.42. The summed E-state index contributed by atoms with van der Waals surface area (Å²) in [7, 11) is 1.49. The molecule has 0 aliphatic carbocycles.